The summed E-state index contributed by atoms with van der Waals surface area (Å²) in [6.45, 7) is 5.78. The van der Waals surface area contributed by atoms with Crippen molar-refractivity contribution in [3.8, 4) is 0 Å². The first-order valence-electron chi connectivity index (χ1n) is 7.82. The van der Waals surface area contributed by atoms with E-state index in [4.69, 9.17) is 16.9 Å². The van der Waals surface area contributed by atoms with E-state index in [0.29, 0.717) is 11.8 Å². The number of benzene rings is 1. The highest BCUT2D eigenvalue weighted by molar-refractivity contribution is 6.07. The molecular formula is C18H25N5. The highest BCUT2D eigenvalue weighted by Crippen LogP contribution is 2.11. The molecule has 1 aromatic rings. The third-order valence-corrected chi connectivity index (χ3v) is 3.95. The molecule has 7 N–H and O–H groups in total. The number of rotatable bonds is 5. The molecule has 122 valence electrons. The largest absolute Gasteiger partial charge is 0.405 e. The molecule has 0 aliphatic carbocycles. The number of nitrogens with two attached hydrogens (primary N) is 2. The van der Waals surface area contributed by atoms with Crippen molar-refractivity contribution in [2.75, 3.05) is 18.4 Å². The maximum atomic E-state index is 8.12. The molecule has 0 radical (unpaired) electrons. The lowest BCUT2D eigenvalue weighted by molar-refractivity contribution is 0.479. The van der Waals surface area contributed by atoms with Gasteiger partial charge in [-0.05, 0) is 55.6 Å². The van der Waals surface area contributed by atoms with Crippen LogP contribution in [0.1, 0.15) is 18.4 Å². The molecule has 0 saturated carbocycles. The molecule has 1 aliphatic rings. The van der Waals surface area contributed by atoms with E-state index in [1.807, 2.05) is 18.2 Å². The third-order valence-electron chi connectivity index (χ3n) is 3.95. The van der Waals surface area contributed by atoms with E-state index in [1.54, 1.807) is 18.4 Å². The van der Waals surface area contributed by atoms with Crippen LogP contribution in [-0.4, -0.2) is 24.8 Å². The Kier molecular flexibility index (Phi) is 6.00. The van der Waals surface area contributed by atoms with Gasteiger partial charge in [0.2, 0.25) is 0 Å². The summed E-state index contributed by atoms with van der Waals surface area (Å²) in [6, 6.07) is 4.29. The number of hydrogen-bond donors (Lipinski definition) is 5. The van der Waals surface area contributed by atoms with Crippen LogP contribution in [-0.2, 0) is 0 Å². The third kappa shape index (κ3) is 4.23. The second kappa shape index (κ2) is 8.19. The molecule has 23 heavy (non-hydrogen) atoms. The predicted molar refractivity (Wildman–Crippen MR) is 98.7 cm³/mol. The van der Waals surface area contributed by atoms with Gasteiger partial charge in [0.05, 0.1) is 5.71 Å². The Morgan fingerprint density at radius 1 is 1.30 bits per heavy atom. The number of anilines is 1. The fourth-order valence-corrected chi connectivity index (χ4v) is 2.78. The summed E-state index contributed by atoms with van der Waals surface area (Å²) in [6.07, 6.45) is 10.3. The van der Waals surface area contributed by atoms with Crippen molar-refractivity contribution in [3.05, 3.63) is 53.1 Å². The molecule has 1 fully saturated rings. The van der Waals surface area contributed by atoms with Crippen LogP contribution >= 0.6 is 0 Å². The van der Waals surface area contributed by atoms with Gasteiger partial charge in [-0.3, -0.25) is 0 Å². The average Bonchev–Trinajstić information content (AvgIpc) is 2.56. The number of allylic oxidation sites excluding steroid dienone is 2. The quantitative estimate of drug-likeness (QED) is 0.507. The van der Waals surface area contributed by atoms with Gasteiger partial charge in [-0.2, -0.15) is 0 Å². The molecule has 0 bridgehead atoms. The van der Waals surface area contributed by atoms with E-state index in [2.05, 4.69) is 17.2 Å². The molecule has 1 heterocycles. The van der Waals surface area contributed by atoms with Gasteiger partial charge >= 0.3 is 0 Å². The molecule has 1 aliphatic heterocycles. The second-order valence-corrected chi connectivity index (χ2v) is 5.54. The Labute approximate surface area is 137 Å². The molecule has 0 atom stereocenters. The zero-order valence-corrected chi connectivity index (χ0v) is 13.3. The molecular weight excluding hydrogens is 286 g/mol. The lowest BCUT2D eigenvalue weighted by atomic mass is 10.0. The Hall–Kier alpha value is -2.53. The first kappa shape index (κ1) is 16.8. The zero-order chi connectivity index (χ0) is 16.7. The highest BCUT2D eigenvalue weighted by Gasteiger charge is 2.14. The van der Waals surface area contributed by atoms with Gasteiger partial charge in [0.1, 0.15) is 0 Å². The zero-order valence-electron chi connectivity index (χ0n) is 13.3. The molecule has 2 rings (SSSR count). The maximum Gasteiger partial charge on any atom is 0.0627 e. The summed E-state index contributed by atoms with van der Waals surface area (Å²) in [5.41, 5.74) is 13.4. The van der Waals surface area contributed by atoms with Crippen LogP contribution in [0.15, 0.2) is 37.1 Å². The van der Waals surface area contributed by atoms with E-state index in [9.17, 15) is 0 Å². The van der Waals surface area contributed by atoms with Crippen molar-refractivity contribution in [2.45, 2.75) is 18.9 Å². The molecule has 0 aromatic heterocycles. The van der Waals surface area contributed by atoms with E-state index in [-0.39, 0.29) is 0 Å². The van der Waals surface area contributed by atoms with Crippen LogP contribution < -0.4 is 32.5 Å². The smallest absolute Gasteiger partial charge is 0.0627 e. The van der Waals surface area contributed by atoms with Crippen LogP contribution in [0.2, 0.25) is 0 Å². The van der Waals surface area contributed by atoms with Crippen LogP contribution in [0.3, 0.4) is 0 Å². The summed E-state index contributed by atoms with van der Waals surface area (Å²) >= 11 is 0. The first-order valence-corrected chi connectivity index (χ1v) is 7.82. The fraction of sp³-hybridized carbons (Fsp3) is 0.278. The van der Waals surface area contributed by atoms with Gasteiger partial charge in [0.15, 0.2) is 0 Å². The first-order chi connectivity index (χ1) is 11.2. The molecule has 5 nitrogen and oxygen atoms in total. The van der Waals surface area contributed by atoms with E-state index in [0.717, 1.165) is 47.6 Å². The predicted octanol–water partition coefficient (Wildman–Crippen LogP) is 0.354. The Balaban J connectivity index is 2.50. The van der Waals surface area contributed by atoms with Crippen molar-refractivity contribution < 1.29 is 0 Å². The molecule has 0 amide bonds. The molecule has 0 unspecified atom stereocenters. The topological polar surface area (TPSA) is 100.0 Å². The van der Waals surface area contributed by atoms with Gasteiger partial charge in [-0.15, -0.1) is 0 Å². The summed E-state index contributed by atoms with van der Waals surface area (Å²) in [7, 11) is 0. The summed E-state index contributed by atoms with van der Waals surface area (Å²) < 4.78 is 0. The summed E-state index contributed by atoms with van der Waals surface area (Å²) in [5, 5.41) is 16.9. The Bertz CT molecular complexity index is 712. The lowest BCUT2D eigenvalue weighted by Crippen LogP contribution is -2.38. The van der Waals surface area contributed by atoms with Crippen molar-refractivity contribution >= 4 is 23.7 Å². The number of hydrogen-bond acceptors (Lipinski definition) is 5. The maximum absolute atomic E-state index is 8.12. The molecule has 0 spiro atoms. The summed E-state index contributed by atoms with van der Waals surface area (Å²) in [4.78, 5) is 0. The lowest BCUT2D eigenvalue weighted by Gasteiger charge is -2.25. The fourth-order valence-electron chi connectivity index (χ4n) is 2.78. The number of piperidine rings is 1. The standard InChI is InChI=1S/C18H25N5/c1-2-3-13-10-14(17(21)4-7-19)11-18(16(13)12-20)23-15-5-8-22-9-6-15/h2-4,7,10-12,15,21-23H,1,5-6,8-9,19-20H2/b7-4-,13-3-,16-12+,21-17?. The second-order valence-electron chi connectivity index (χ2n) is 5.54. The molecule has 5 heteroatoms. The van der Waals surface area contributed by atoms with E-state index in [1.165, 1.54) is 6.20 Å². The van der Waals surface area contributed by atoms with Crippen molar-refractivity contribution in [3.63, 3.8) is 0 Å². The van der Waals surface area contributed by atoms with Crippen LogP contribution in [0.4, 0.5) is 5.69 Å². The molecule has 1 aromatic carbocycles. The minimum absolute atomic E-state index is 0.364. The van der Waals surface area contributed by atoms with Crippen LogP contribution in [0, 0.1) is 5.41 Å². The monoisotopic (exact) mass is 311 g/mol. The normalized spacial score (nSPS) is 17.6. The Morgan fingerprint density at radius 2 is 2.04 bits per heavy atom. The van der Waals surface area contributed by atoms with E-state index < -0.39 is 0 Å². The van der Waals surface area contributed by atoms with Crippen molar-refractivity contribution in [1.82, 2.24) is 5.32 Å². The van der Waals surface area contributed by atoms with Gasteiger partial charge < -0.3 is 27.5 Å². The summed E-state index contributed by atoms with van der Waals surface area (Å²) in [5.74, 6) is 0. The van der Waals surface area contributed by atoms with Crippen molar-refractivity contribution in [1.29, 1.82) is 5.41 Å². The average molecular weight is 311 g/mol. The van der Waals surface area contributed by atoms with Crippen molar-refractivity contribution in [2.24, 2.45) is 11.5 Å². The minimum atomic E-state index is 0.364. The van der Waals surface area contributed by atoms with Crippen LogP contribution in [0.25, 0.3) is 12.3 Å². The van der Waals surface area contributed by atoms with Crippen LogP contribution in [0.5, 0.6) is 0 Å². The van der Waals surface area contributed by atoms with E-state index >= 15 is 0 Å². The highest BCUT2D eigenvalue weighted by atomic mass is 15.0. The van der Waals surface area contributed by atoms with Gasteiger partial charge in [0.25, 0.3) is 0 Å². The molecule has 1 saturated heterocycles. The SMILES string of the molecule is C=C/C=c1/cc(C(=N)/C=C\N)cc(NC2CCNCC2)/c1=C/N. The number of nitrogens with one attached hydrogen (secondary N) is 3. The Morgan fingerprint density at radius 3 is 2.65 bits per heavy atom. The minimum Gasteiger partial charge on any atom is -0.405 e. The van der Waals surface area contributed by atoms with Gasteiger partial charge in [-0.1, -0.05) is 18.7 Å². The van der Waals surface area contributed by atoms with Gasteiger partial charge in [0, 0.05) is 28.7 Å². The van der Waals surface area contributed by atoms with Gasteiger partial charge in [-0.25, -0.2) is 0 Å².